The smallest absolute Gasteiger partial charge is 0.345 e. The number of nitrogens with zero attached hydrogens (tertiary/aromatic N) is 2. The second kappa shape index (κ2) is 9.68. The minimum Gasteiger partial charge on any atom is -0.484 e. The minimum absolute atomic E-state index is 0.00533. The van der Waals surface area contributed by atoms with Crippen LogP contribution in [0.1, 0.15) is 63.6 Å². The molecule has 7 rings (SSSR count). The van der Waals surface area contributed by atoms with E-state index in [1.807, 2.05) is 6.92 Å². The molecule has 226 valence electrons. The molecule has 2 aliphatic heterocycles. The average molecular weight is 591 g/mol. The van der Waals surface area contributed by atoms with Crippen molar-refractivity contribution in [1.82, 2.24) is 4.98 Å². The third-order valence-corrected chi connectivity index (χ3v) is 10.8. The lowest BCUT2D eigenvalue weighted by molar-refractivity contribution is -0.384. The highest BCUT2D eigenvalue weighted by Gasteiger charge is 2.70. The van der Waals surface area contributed by atoms with Crippen molar-refractivity contribution in [2.45, 2.75) is 70.2 Å². The van der Waals surface area contributed by atoms with Gasteiger partial charge in [-0.1, -0.05) is 13.8 Å². The van der Waals surface area contributed by atoms with Gasteiger partial charge in [0.05, 0.1) is 29.8 Å². The lowest BCUT2D eigenvalue weighted by atomic mass is 9.42. The van der Waals surface area contributed by atoms with Gasteiger partial charge in [0.2, 0.25) is 0 Å². The van der Waals surface area contributed by atoms with Crippen LogP contribution in [0.5, 0.6) is 5.75 Å². The largest absolute Gasteiger partial charge is 0.484 e. The van der Waals surface area contributed by atoms with Crippen LogP contribution < -0.4 is 10.4 Å². The SMILES string of the molecule is C[C@@]12CO[C@@H](c3ccc([N+](=O)[O-])cc3)O[C@H]1CC[C@@]1(C)[C@H]2C[C@H](O)[C@@]2(C)Oc3cc(-c4cccnc4)oc(=O)c3[C@H](O)[C@H]12. The Kier molecular flexibility index (Phi) is 6.34. The van der Waals surface area contributed by atoms with E-state index in [0.717, 1.165) is 0 Å². The number of rotatable bonds is 3. The number of nitro groups is 1. The fourth-order valence-electron chi connectivity index (χ4n) is 8.64. The van der Waals surface area contributed by atoms with E-state index in [0.29, 0.717) is 37.0 Å². The maximum Gasteiger partial charge on any atom is 0.345 e. The molecule has 0 amide bonds. The summed E-state index contributed by atoms with van der Waals surface area (Å²) in [5, 5.41) is 34.8. The van der Waals surface area contributed by atoms with Gasteiger partial charge < -0.3 is 28.8 Å². The Labute approximate surface area is 247 Å². The summed E-state index contributed by atoms with van der Waals surface area (Å²) < 4.78 is 24.9. The highest BCUT2D eigenvalue weighted by Crippen LogP contribution is 2.68. The number of nitro benzene ring substituents is 1. The van der Waals surface area contributed by atoms with Gasteiger partial charge in [-0.05, 0) is 61.8 Å². The third kappa shape index (κ3) is 4.09. The van der Waals surface area contributed by atoms with Crippen molar-refractivity contribution in [2.24, 2.45) is 22.7 Å². The predicted molar refractivity (Wildman–Crippen MR) is 152 cm³/mol. The zero-order chi connectivity index (χ0) is 30.3. The summed E-state index contributed by atoms with van der Waals surface area (Å²) in [6, 6.07) is 11.3. The molecule has 2 aromatic heterocycles. The van der Waals surface area contributed by atoms with Crippen molar-refractivity contribution >= 4 is 5.69 Å². The second-order valence-corrected chi connectivity index (χ2v) is 13.1. The van der Waals surface area contributed by atoms with Gasteiger partial charge in [0.15, 0.2) is 6.29 Å². The van der Waals surface area contributed by atoms with Crippen LogP contribution in [0.2, 0.25) is 0 Å². The fraction of sp³-hybridized carbons (Fsp3) is 0.500. The van der Waals surface area contributed by atoms with Gasteiger partial charge in [0.25, 0.3) is 5.69 Å². The fourth-order valence-corrected chi connectivity index (χ4v) is 8.64. The van der Waals surface area contributed by atoms with Gasteiger partial charge in [-0.15, -0.1) is 0 Å². The first-order valence-corrected chi connectivity index (χ1v) is 14.6. The van der Waals surface area contributed by atoms with Crippen LogP contribution in [0.15, 0.2) is 64.1 Å². The molecular weight excluding hydrogens is 556 g/mol. The van der Waals surface area contributed by atoms with Crippen molar-refractivity contribution in [3.63, 3.8) is 0 Å². The number of aliphatic hydroxyl groups is 2. The Balaban J connectivity index is 1.21. The predicted octanol–water partition coefficient (Wildman–Crippen LogP) is 4.71. The summed E-state index contributed by atoms with van der Waals surface area (Å²) in [5.41, 5.74) is -1.55. The van der Waals surface area contributed by atoms with Crippen LogP contribution >= 0.6 is 0 Å². The van der Waals surface area contributed by atoms with E-state index in [4.69, 9.17) is 18.6 Å². The van der Waals surface area contributed by atoms with Crippen molar-refractivity contribution in [3.8, 4) is 17.1 Å². The van der Waals surface area contributed by atoms with Crippen LogP contribution in [0.3, 0.4) is 0 Å². The number of benzene rings is 1. The maximum absolute atomic E-state index is 13.3. The number of hydrogen-bond donors (Lipinski definition) is 2. The van der Waals surface area contributed by atoms with Gasteiger partial charge in [-0.3, -0.25) is 15.1 Å². The van der Waals surface area contributed by atoms with Crippen LogP contribution in [-0.2, 0) is 9.47 Å². The Morgan fingerprint density at radius 2 is 1.86 bits per heavy atom. The van der Waals surface area contributed by atoms with E-state index in [1.165, 1.54) is 12.1 Å². The number of fused-ring (bicyclic) bond motifs is 6. The Morgan fingerprint density at radius 3 is 2.56 bits per heavy atom. The molecule has 4 heterocycles. The zero-order valence-corrected chi connectivity index (χ0v) is 24.1. The number of ether oxygens (including phenoxy) is 3. The van der Waals surface area contributed by atoms with E-state index < -0.39 is 51.4 Å². The Hall–Kier alpha value is -3.64. The monoisotopic (exact) mass is 590 g/mol. The highest BCUT2D eigenvalue weighted by atomic mass is 16.7. The molecule has 0 bridgehead atoms. The quantitative estimate of drug-likeness (QED) is 0.324. The molecule has 3 fully saturated rings. The Bertz CT molecular complexity index is 1630. The highest BCUT2D eigenvalue weighted by molar-refractivity contribution is 5.59. The minimum atomic E-state index is -1.23. The molecule has 0 unspecified atom stereocenters. The van der Waals surface area contributed by atoms with Crippen molar-refractivity contribution in [3.05, 3.63) is 86.5 Å². The molecule has 0 spiro atoms. The molecule has 9 atom stereocenters. The molecule has 11 heteroatoms. The summed E-state index contributed by atoms with van der Waals surface area (Å²) in [6.07, 6.45) is 1.85. The first kappa shape index (κ1) is 28.1. The molecular formula is C32H34N2O9. The summed E-state index contributed by atoms with van der Waals surface area (Å²) in [5.74, 6) is -0.269. The maximum atomic E-state index is 13.3. The zero-order valence-electron chi connectivity index (χ0n) is 24.1. The van der Waals surface area contributed by atoms with Crippen molar-refractivity contribution < 1.29 is 33.8 Å². The molecule has 1 aromatic carbocycles. The van der Waals surface area contributed by atoms with Crippen LogP contribution in [-0.4, -0.2) is 44.5 Å². The van der Waals surface area contributed by atoms with E-state index in [-0.39, 0.29) is 34.8 Å². The van der Waals surface area contributed by atoms with Gasteiger partial charge >= 0.3 is 5.63 Å². The average Bonchev–Trinajstić information content (AvgIpc) is 2.98. The summed E-state index contributed by atoms with van der Waals surface area (Å²) in [7, 11) is 0. The number of non-ortho nitro benzene ring substituents is 1. The molecule has 4 aliphatic rings. The van der Waals surface area contributed by atoms with Gasteiger partial charge in [-0.25, -0.2) is 4.79 Å². The van der Waals surface area contributed by atoms with Crippen LogP contribution in [0.25, 0.3) is 11.3 Å². The van der Waals surface area contributed by atoms with Crippen LogP contribution in [0, 0.1) is 32.8 Å². The lowest BCUT2D eigenvalue weighted by Crippen LogP contribution is -2.71. The normalized spacial score (nSPS) is 38.1. The van der Waals surface area contributed by atoms with E-state index in [1.54, 1.807) is 42.7 Å². The van der Waals surface area contributed by atoms with Crippen molar-refractivity contribution in [1.29, 1.82) is 0 Å². The van der Waals surface area contributed by atoms with Gasteiger partial charge in [0, 0.05) is 53.1 Å². The number of pyridine rings is 1. The number of aliphatic hydroxyl groups excluding tert-OH is 2. The summed E-state index contributed by atoms with van der Waals surface area (Å²) in [4.78, 5) is 28.1. The van der Waals surface area contributed by atoms with E-state index in [9.17, 15) is 25.1 Å². The van der Waals surface area contributed by atoms with Crippen LogP contribution in [0.4, 0.5) is 5.69 Å². The molecule has 2 N–H and O–H groups in total. The molecule has 0 radical (unpaired) electrons. The third-order valence-electron chi connectivity index (χ3n) is 10.8. The molecule has 43 heavy (non-hydrogen) atoms. The molecule has 2 saturated carbocycles. The molecule has 1 saturated heterocycles. The first-order chi connectivity index (χ1) is 20.5. The Morgan fingerprint density at radius 1 is 1.09 bits per heavy atom. The number of aromatic nitrogens is 1. The van der Waals surface area contributed by atoms with Crippen molar-refractivity contribution in [2.75, 3.05) is 6.61 Å². The second-order valence-electron chi connectivity index (χ2n) is 13.1. The summed E-state index contributed by atoms with van der Waals surface area (Å²) >= 11 is 0. The topological polar surface area (TPSA) is 154 Å². The molecule has 3 aromatic rings. The number of hydrogen-bond acceptors (Lipinski definition) is 10. The lowest BCUT2D eigenvalue weighted by Gasteiger charge is -2.67. The van der Waals surface area contributed by atoms with E-state index >= 15 is 0 Å². The van der Waals surface area contributed by atoms with Gasteiger partial charge in [0.1, 0.15) is 22.7 Å². The van der Waals surface area contributed by atoms with E-state index in [2.05, 4.69) is 18.8 Å². The molecule has 11 nitrogen and oxygen atoms in total. The summed E-state index contributed by atoms with van der Waals surface area (Å²) in [6.45, 7) is 6.36. The first-order valence-electron chi connectivity index (χ1n) is 14.6. The standard InChI is InChI=1S/C32H34N2O9/c1-30-11-10-24-31(2,16-40-29(42-24)17-6-8-19(9-7-17)34(38)39)22(30)14-23(35)32(3)27(30)26(36)25-21(43-32)13-20(41-28(25)37)18-5-4-12-33-15-18/h4-9,12-13,15,22-24,26-27,29,35-36H,10-11,14,16H2,1-3H3/t22-,23+,24+,26+,27-,29-,30+,31+,32-/m1/s1. The molecule has 2 aliphatic carbocycles. The van der Waals surface area contributed by atoms with Gasteiger partial charge in [-0.2, -0.15) is 0 Å².